The van der Waals surface area contributed by atoms with E-state index in [1.807, 2.05) is 25.5 Å². The maximum atomic E-state index is 13.1. The van der Waals surface area contributed by atoms with Gasteiger partial charge in [-0.15, -0.1) is 0 Å². The average molecular weight is 383 g/mol. The van der Waals surface area contributed by atoms with Gasteiger partial charge in [-0.2, -0.15) is 4.98 Å². The molecule has 0 aliphatic heterocycles. The van der Waals surface area contributed by atoms with Crippen LogP contribution < -0.4 is 11.2 Å². The molecule has 0 bridgehead atoms. The molecule has 0 fully saturated rings. The second kappa shape index (κ2) is 6.01. The highest BCUT2D eigenvalue weighted by molar-refractivity contribution is 5.96. The molecule has 3 heterocycles. The first-order chi connectivity index (χ1) is 13.2. The number of hydrogen-bond donors (Lipinski definition) is 0. The van der Waals surface area contributed by atoms with Gasteiger partial charge in [-0.1, -0.05) is 0 Å². The van der Waals surface area contributed by atoms with Crippen LogP contribution in [0.2, 0.25) is 0 Å². The van der Waals surface area contributed by atoms with Gasteiger partial charge in [0.05, 0.1) is 6.54 Å². The van der Waals surface area contributed by atoms with Gasteiger partial charge in [0, 0.05) is 31.0 Å². The molecule has 4 aromatic rings. The van der Waals surface area contributed by atoms with Crippen molar-refractivity contribution in [2.45, 2.75) is 20.4 Å². The molecule has 1 aromatic carbocycles. The van der Waals surface area contributed by atoms with Crippen molar-refractivity contribution in [2.75, 3.05) is 0 Å². The van der Waals surface area contributed by atoms with E-state index in [4.69, 9.17) is 0 Å². The number of rotatable bonds is 3. The lowest BCUT2D eigenvalue weighted by molar-refractivity contribution is 0.0969. The number of ketones is 1. The summed E-state index contributed by atoms with van der Waals surface area (Å²) in [7, 11) is 3.34. The Morgan fingerprint density at radius 3 is 2.32 bits per heavy atom. The van der Waals surface area contributed by atoms with Gasteiger partial charge < -0.3 is 4.57 Å². The smallest absolute Gasteiger partial charge is 0.317 e. The van der Waals surface area contributed by atoms with Crippen molar-refractivity contribution in [3.63, 3.8) is 0 Å². The molecule has 8 nitrogen and oxygen atoms in total. The molecule has 0 spiro atoms. The number of benzene rings is 1. The summed E-state index contributed by atoms with van der Waals surface area (Å²) in [5.74, 6) is -0.386. The van der Waals surface area contributed by atoms with E-state index in [0.29, 0.717) is 5.78 Å². The van der Waals surface area contributed by atoms with E-state index in [2.05, 4.69) is 4.98 Å². The van der Waals surface area contributed by atoms with Crippen LogP contribution in [-0.2, 0) is 20.6 Å². The van der Waals surface area contributed by atoms with Crippen molar-refractivity contribution in [1.82, 2.24) is 23.1 Å². The van der Waals surface area contributed by atoms with Gasteiger partial charge in [-0.25, -0.2) is 9.18 Å². The van der Waals surface area contributed by atoms with E-state index in [1.165, 1.54) is 23.7 Å². The molecule has 0 amide bonds. The lowest BCUT2D eigenvalue weighted by atomic mass is 10.1. The van der Waals surface area contributed by atoms with E-state index in [9.17, 15) is 18.8 Å². The third-order valence-electron chi connectivity index (χ3n) is 5.25. The van der Waals surface area contributed by atoms with E-state index in [-0.39, 0.29) is 16.7 Å². The normalized spacial score (nSPS) is 11.6. The maximum absolute atomic E-state index is 13.1. The van der Waals surface area contributed by atoms with Crippen molar-refractivity contribution in [1.29, 1.82) is 0 Å². The minimum atomic E-state index is -0.634. The Morgan fingerprint density at radius 1 is 1.04 bits per heavy atom. The molecule has 0 unspecified atom stereocenters. The van der Waals surface area contributed by atoms with Gasteiger partial charge in [-0.05, 0) is 38.1 Å². The summed E-state index contributed by atoms with van der Waals surface area (Å²) in [6.07, 6.45) is 0. The van der Waals surface area contributed by atoms with Crippen LogP contribution in [0, 0.1) is 19.7 Å². The number of Topliss-reactive ketones (excluding diaryl/α,β-unsaturated/α-hetero) is 1. The number of nitrogens with zero attached hydrogens (tertiary/aromatic N) is 5. The molecule has 0 radical (unpaired) electrons. The molecule has 0 saturated heterocycles. The summed E-state index contributed by atoms with van der Waals surface area (Å²) in [5, 5.41) is 0. The molecule has 0 atom stereocenters. The van der Waals surface area contributed by atoms with Gasteiger partial charge in [0.15, 0.2) is 16.9 Å². The molecule has 3 aromatic heterocycles. The van der Waals surface area contributed by atoms with Crippen molar-refractivity contribution in [3.8, 4) is 0 Å². The second-order valence-corrected chi connectivity index (χ2v) is 6.81. The lowest BCUT2D eigenvalue weighted by Crippen LogP contribution is -2.41. The fourth-order valence-electron chi connectivity index (χ4n) is 3.42. The summed E-state index contributed by atoms with van der Waals surface area (Å²) in [6.45, 7) is 3.33. The molecule has 144 valence electrons. The second-order valence-electron chi connectivity index (χ2n) is 6.81. The number of hydrogen-bond acceptors (Lipinski definition) is 4. The molecule has 28 heavy (non-hydrogen) atoms. The molecule has 0 saturated carbocycles. The monoisotopic (exact) mass is 383 g/mol. The summed E-state index contributed by atoms with van der Waals surface area (Å²) in [6, 6.07) is 4.97. The van der Waals surface area contributed by atoms with Crippen LogP contribution in [0.4, 0.5) is 4.39 Å². The van der Waals surface area contributed by atoms with Gasteiger partial charge >= 0.3 is 5.69 Å². The first-order valence-electron chi connectivity index (χ1n) is 8.65. The Labute approximate surface area is 158 Å². The summed E-state index contributed by atoms with van der Waals surface area (Å²) in [4.78, 5) is 42.9. The first kappa shape index (κ1) is 17.9. The third kappa shape index (κ3) is 2.35. The topological polar surface area (TPSA) is 83.3 Å². The Morgan fingerprint density at radius 2 is 1.68 bits per heavy atom. The van der Waals surface area contributed by atoms with Crippen molar-refractivity contribution in [3.05, 3.63) is 67.9 Å². The zero-order valence-corrected chi connectivity index (χ0v) is 15.9. The molecule has 0 N–H and O–H groups in total. The zero-order valence-electron chi connectivity index (χ0n) is 15.9. The van der Waals surface area contributed by atoms with E-state index >= 15 is 0 Å². The van der Waals surface area contributed by atoms with Crippen LogP contribution >= 0.6 is 0 Å². The zero-order chi connectivity index (χ0) is 20.3. The van der Waals surface area contributed by atoms with Crippen molar-refractivity contribution in [2.24, 2.45) is 14.1 Å². The number of carbonyl (C=O) groups excluding carboxylic acids is 1. The largest absolute Gasteiger partial charge is 0.332 e. The average Bonchev–Trinajstić information content (AvgIpc) is 3.17. The summed E-state index contributed by atoms with van der Waals surface area (Å²) < 4.78 is 18.8. The van der Waals surface area contributed by atoms with Gasteiger partial charge in [0.25, 0.3) is 5.56 Å². The Bertz CT molecular complexity index is 1390. The van der Waals surface area contributed by atoms with Crippen LogP contribution in [-0.4, -0.2) is 28.9 Å². The van der Waals surface area contributed by atoms with Gasteiger partial charge in [0.1, 0.15) is 5.82 Å². The number of imidazole rings is 2. The van der Waals surface area contributed by atoms with Crippen LogP contribution in [0.1, 0.15) is 21.7 Å². The van der Waals surface area contributed by atoms with Crippen molar-refractivity contribution >= 4 is 22.7 Å². The van der Waals surface area contributed by atoms with Crippen molar-refractivity contribution < 1.29 is 9.18 Å². The standard InChI is InChI=1S/C19H18FN5O3/c1-10-11(2)25-15-16(21-18(25)22(10)3)23(4)19(28)24(17(15)27)9-14(26)12-5-7-13(20)8-6-12/h5-8H,9H2,1-4H3. The predicted molar refractivity (Wildman–Crippen MR) is 101 cm³/mol. The van der Waals surface area contributed by atoms with Crippen LogP contribution in [0.25, 0.3) is 16.9 Å². The molecule has 4 rings (SSSR count). The number of aryl methyl sites for hydroxylation is 3. The highest BCUT2D eigenvalue weighted by Gasteiger charge is 2.22. The molecule has 0 aliphatic carbocycles. The third-order valence-corrected chi connectivity index (χ3v) is 5.25. The first-order valence-corrected chi connectivity index (χ1v) is 8.65. The SMILES string of the molecule is Cc1c(C)n2c3c(=O)n(CC(=O)c4ccc(F)cc4)c(=O)n(C)c3nc2n1C. The van der Waals surface area contributed by atoms with E-state index < -0.39 is 29.4 Å². The Kier molecular flexibility index (Phi) is 3.84. The molecule has 0 aliphatic rings. The molecule has 9 heteroatoms. The quantitative estimate of drug-likeness (QED) is 0.500. The highest BCUT2D eigenvalue weighted by atomic mass is 19.1. The minimum absolute atomic E-state index is 0.223. The van der Waals surface area contributed by atoms with Crippen LogP contribution in [0.3, 0.4) is 0 Å². The predicted octanol–water partition coefficient (Wildman–Crippen LogP) is 1.33. The van der Waals surface area contributed by atoms with Gasteiger partial charge in [-0.3, -0.25) is 23.1 Å². The van der Waals surface area contributed by atoms with E-state index in [1.54, 1.807) is 4.40 Å². The fraction of sp³-hybridized carbons (Fsp3) is 0.263. The van der Waals surface area contributed by atoms with Gasteiger partial charge in [0.2, 0.25) is 5.78 Å². The number of carbonyl (C=O) groups is 1. The van der Waals surface area contributed by atoms with E-state index in [0.717, 1.165) is 28.1 Å². The van der Waals surface area contributed by atoms with Crippen LogP contribution in [0.15, 0.2) is 33.9 Å². The highest BCUT2D eigenvalue weighted by Crippen LogP contribution is 2.19. The number of aromatic nitrogens is 5. The van der Waals surface area contributed by atoms with Crippen LogP contribution in [0.5, 0.6) is 0 Å². The summed E-state index contributed by atoms with van der Waals surface area (Å²) >= 11 is 0. The Balaban J connectivity index is 1.96. The summed E-state index contributed by atoms with van der Waals surface area (Å²) in [5.41, 5.74) is 1.26. The maximum Gasteiger partial charge on any atom is 0.332 e. The molecular formula is C19H18FN5O3. The fourth-order valence-corrected chi connectivity index (χ4v) is 3.42. The minimum Gasteiger partial charge on any atom is -0.317 e. The number of halogens is 1. The lowest BCUT2D eigenvalue weighted by Gasteiger charge is -2.08. The Hall–Kier alpha value is -3.49. The number of fused-ring (bicyclic) bond motifs is 3. The molecular weight excluding hydrogens is 365 g/mol.